The van der Waals surface area contributed by atoms with Gasteiger partial charge in [0.15, 0.2) is 11.3 Å². The highest BCUT2D eigenvalue weighted by molar-refractivity contribution is 6.06. The Hall–Kier alpha value is -3.61. The van der Waals surface area contributed by atoms with Crippen LogP contribution >= 0.6 is 0 Å². The van der Waals surface area contributed by atoms with Gasteiger partial charge in [0.2, 0.25) is 0 Å². The predicted octanol–water partition coefficient (Wildman–Crippen LogP) is 2.75. The van der Waals surface area contributed by atoms with Crippen molar-refractivity contribution in [3.05, 3.63) is 72.8 Å². The van der Waals surface area contributed by atoms with Gasteiger partial charge < -0.3 is 9.72 Å². The van der Waals surface area contributed by atoms with Gasteiger partial charge in [-0.25, -0.2) is 19.9 Å². The minimum absolute atomic E-state index is 0.274. The van der Waals surface area contributed by atoms with Crippen LogP contribution in [0, 0.1) is 6.92 Å². The molecular formula is C18H14N6O. The molecule has 4 aromatic rings. The van der Waals surface area contributed by atoms with Gasteiger partial charge in [-0.3, -0.25) is 4.79 Å². The fourth-order valence-corrected chi connectivity index (χ4v) is 2.58. The minimum Gasteiger partial charge on any atom is -0.321 e. The second-order valence-electron chi connectivity index (χ2n) is 5.46. The molecule has 0 radical (unpaired) electrons. The molecule has 0 bridgehead atoms. The van der Waals surface area contributed by atoms with Gasteiger partial charge in [0.05, 0.1) is 5.69 Å². The lowest BCUT2D eigenvalue weighted by molar-refractivity contribution is 0.102. The fraction of sp³-hybridized carbons (Fsp3) is 0.0556. The van der Waals surface area contributed by atoms with Crippen LogP contribution in [0.4, 0.5) is 5.69 Å². The Morgan fingerprint density at radius 3 is 2.72 bits per heavy atom. The average molecular weight is 330 g/mol. The van der Waals surface area contributed by atoms with E-state index in [0.717, 1.165) is 11.3 Å². The van der Waals surface area contributed by atoms with E-state index in [1.54, 1.807) is 35.4 Å². The number of fused-ring (bicyclic) bond motifs is 1. The molecule has 1 aromatic carbocycles. The normalized spacial score (nSPS) is 10.8. The maximum atomic E-state index is 12.6. The quantitative estimate of drug-likeness (QED) is 0.624. The minimum atomic E-state index is -0.312. The molecule has 25 heavy (non-hydrogen) atoms. The summed E-state index contributed by atoms with van der Waals surface area (Å²) in [6.45, 7) is 1.84. The first-order chi connectivity index (χ1) is 12.2. The third-order valence-electron chi connectivity index (χ3n) is 3.72. The van der Waals surface area contributed by atoms with Crippen LogP contribution in [0.2, 0.25) is 0 Å². The summed E-state index contributed by atoms with van der Waals surface area (Å²) in [5.74, 6) is 0.384. The van der Waals surface area contributed by atoms with E-state index in [0.29, 0.717) is 17.2 Å². The smallest absolute Gasteiger partial charge is 0.278 e. The summed E-state index contributed by atoms with van der Waals surface area (Å²) in [6.07, 6.45) is 8.43. The summed E-state index contributed by atoms with van der Waals surface area (Å²) in [7, 11) is 0. The molecule has 7 nitrogen and oxygen atoms in total. The number of nitrogens with zero attached hydrogens (tertiary/aromatic N) is 5. The second-order valence-corrected chi connectivity index (χ2v) is 5.46. The Balaban J connectivity index is 1.64. The number of aryl methyl sites for hydroxylation is 1. The molecule has 1 amide bonds. The van der Waals surface area contributed by atoms with Crippen molar-refractivity contribution in [3.63, 3.8) is 0 Å². The molecule has 0 aliphatic carbocycles. The van der Waals surface area contributed by atoms with Gasteiger partial charge in [-0.15, -0.1) is 0 Å². The van der Waals surface area contributed by atoms with Crippen molar-refractivity contribution in [2.45, 2.75) is 6.92 Å². The molecule has 0 fully saturated rings. The van der Waals surface area contributed by atoms with Crippen molar-refractivity contribution in [1.82, 2.24) is 24.3 Å². The zero-order valence-corrected chi connectivity index (χ0v) is 13.4. The molecule has 0 aliphatic rings. The predicted molar refractivity (Wildman–Crippen MR) is 93.1 cm³/mol. The van der Waals surface area contributed by atoms with E-state index in [9.17, 15) is 4.79 Å². The number of amides is 1. The summed E-state index contributed by atoms with van der Waals surface area (Å²) in [5.41, 5.74) is 3.15. The first-order valence-corrected chi connectivity index (χ1v) is 7.70. The van der Waals surface area contributed by atoms with Crippen molar-refractivity contribution in [2.24, 2.45) is 0 Å². The topological polar surface area (TPSA) is 85.1 Å². The molecule has 0 saturated carbocycles. The van der Waals surface area contributed by atoms with Crippen LogP contribution in [0.1, 0.15) is 16.3 Å². The highest BCUT2D eigenvalue weighted by Crippen LogP contribution is 2.21. The van der Waals surface area contributed by atoms with Crippen molar-refractivity contribution in [3.8, 4) is 11.3 Å². The fourth-order valence-electron chi connectivity index (χ4n) is 2.58. The number of nitrogens with one attached hydrogen (secondary N) is 1. The number of imidazole rings is 1. The lowest BCUT2D eigenvalue weighted by Gasteiger charge is -2.08. The highest BCUT2D eigenvalue weighted by atomic mass is 16.1. The van der Waals surface area contributed by atoms with E-state index in [2.05, 4.69) is 25.3 Å². The van der Waals surface area contributed by atoms with E-state index in [-0.39, 0.29) is 11.6 Å². The Bertz CT molecular complexity index is 1070. The van der Waals surface area contributed by atoms with E-state index < -0.39 is 0 Å². The van der Waals surface area contributed by atoms with Gasteiger partial charge in [0, 0.05) is 42.2 Å². The van der Waals surface area contributed by atoms with Crippen LogP contribution < -0.4 is 5.32 Å². The first-order valence-electron chi connectivity index (χ1n) is 7.70. The van der Waals surface area contributed by atoms with E-state index >= 15 is 0 Å². The first kappa shape index (κ1) is 14.9. The molecule has 1 N–H and O–H groups in total. The van der Waals surface area contributed by atoms with Gasteiger partial charge in [0.1, 0.15) is 5.82 Å². The molecule has 3 aromatic heterocycles. The summed E-state index contributed by atoms with van der Waals surface area (Å²) in [6, 6.07) is 9.32. The Labute approximate surface area is 143 Å². The molecule has 0 atom stereocenters. The molecule has 0 unspecified atom stereocenters. The van der Waals surface area contributed by atoms with Crippen LogP contribution in [-0.2, 0) is 0 Å². The molecule has 122 valence electrons. The molecule has 0 saturated heterocycles. The Morgan fingerprint density at radius 1 is 1.04 bits per heavy atom. The molecular weight excluding hydrogens is 316 g/mol. The zero-order chi connectivity index (χ0) is 17.2. The van der Waals surface area contributed by atoms with Crippen LogP contribution in [0.3, 0.4) is 0 Å². The van der Waals surface area contributed by atoms with Gasteiger partial charge in [-0.1, -0.05) is 12.1 Å². The van der Waals surface area contributed by atoms with Crippen LogP contribution in [0.5, 0.6) is 0 Å². The number of aromatic nitrogens is 5. The average Bonchev–Trinajstić information content (AvgIpc) is 3.10. The number of rotatable bonds is 3. The number of benzene rings is 1. The maximum absolute atomic E-state index is 12.6. The number of carbonyl (C=O) groups excluding carboxylic acids is 1. The summed E-state index contributed by atoms with van der Waals surface area (Å²) >= 11 is 0. The van der Waals surface area contributed by atoms with Crippen LogP contribution in [0.25, 0.3) is 16.9 Å². The third-order valence-corrected chi connectivity index (χ3v) is 3.72. The number of carbonyl (C=O) groups is 1. The van der Waals surface area contributed by atoms with Gasteiger partial charge in [0.25, 0.3) is 5.91 Å². The lowest BCUT2D eigenvalue weighted by atomic mass is 10.1. The standard InChI is InChI=1S/C18H14N6O/c1-12-19-6-5-15(22-12)13-3-2-4-14(11-13)23-18(25)16-17-21-8-10-24(17)9-7-20-16/h2-11H,1H3,(H,23,25). The number of hydrogen-bond donors (Lipinski definition) is 1. The van der Waals surface area contributed by atoms with Crippen molar-refractivity contribution < 1.29 is 4.79 Å². The molecule has 4 rings (SSSR count). The van der Waals surface area contributed by atoms with Gasteiger partial charge in [-0.05, 0) is 25.1 Å². The lowest BCUT2D eigenvalue weighted by Crippen LogP contribution is -2.15. The van der Waals surface area contributed by atoms with E-state index in [4.69, 9.17) is 0 Å². The van der Waals surface area contributed by atoms with Gasteiger partial charge >= 0.3 is 0 Å². The van der Waals surface area contributed by atoms with Crippen LogP contribution in [0.15, 0.2) is 61.3 Å². The Kier molecular flexibility index (Phi) is 3.66. The van der Waals surface area contributed by atoms with Crippen molar-refractivity contribution in [1.29, 1.82) is 0 Å². The molecule has 3 heterocycles. The summed E-state index contributed by atoms with van der Waals surface area (Å²) < 4.78 is 1.75. The third kappa shape index (κ3) is 2.94. The zero-order valence-electron chi connectivity index (χ0n) is 13.4. The van der Waals surface area contributed by atoms with E-state index in [1.807, 2.05) is 37.3 Å². The van der Waals surface area contributed by atoms with Crippen molar-refractivity contribution in [2.75, 3.05) is 5.32 Å². The second kappa shape index (κ2) is 6.12. The maximum Gasteiger partial charge on any atom is 0.278 e. The number of hydrogen-bond acceptors (Lipinski definition) is 5. The van der Waals surface area contributed by atoms with Crippen molar-refractivity contribution >= 4 is 17.2 Å². The summed E-state index contributed by atoms with van der Waals surface area (Å²) in [4.78, 5) is 29.4. The monoisotopic (exact) mass is 330 g/mol. The number of anilines is 1. The van der Waals surface area contributed by atoms with Crippen LogP contribution in [-0.4, -0.2) is 30.2 Å². The largest absolute Gasteiger partial charge is 0.321 e. The molecule has 0 aliphatic heterocycles. The van der Waals surface area contributed by atoms with Gasteiger partial charge in [-0.2, -0.15) is 0 Å². The molecule has 7 heteroatoms. The molecule has 0 spiro atoms. The Morgan fingerprint density at radius 2 is 1.88 bits per heavy atom. The highest BCUT2D eigenvalue weighted by Gasteiger charge is 2.14. The van der Waals surface area contributed by atoms with E-state index in [1.165, 1.54) is 0 Å². The SMILES string of the molecule is Cc1nccc(-c2cccc(NC(=O)c3nccn4ccnc34)c2)n1. The summed E-state index contributed by atoms with van der Waals surface area (Å²) in [5, 5.41) is 2.87.